The smallest absolute Gasteiger partial charge is 0.412 e. The van der Waals surface area contributed by atoms with E-state index in [-0.39, 0.29) is 5.28 Å². The molecule has 0 unspecified atom stereocenters. The quantitative estimate of drug-likeness (QED) is 0.379. The van der Waals surface area contributed by atoms with Crippen LogP contribution in [0.5, 0.6) is 0 Å². The number of halogens is 1. The van der Waals surface area contributed by atoms with Crippen molar-refractivity contribution in [2.45, 2.75) is 31.3 Å². The van der Waals surface area contributed by atoms with Gasteiger partial charge in [0.05, 0.1) is 11.5 Å². The maximum absolute atomic E-state index is 11.9. The minimum Gasteiger partial charge on any atom is -0.444 e. The summed E-state index contributed by atoms with van der Waals surface area (Å²) in [5.41, 5.74) is 0.779. The third-order valence-corrected chi connectivity index (χ3v) is 4.20. The lowest BCUT2D eigenvalue weighted by Crippen LogP contribution is -2.27. The monoisotopic (exact) mass is 410 g/mol. The molecule has 0 aliphatic heterocycles. The Morgan fingerprint density at radius 1 is 1.30 bits per heavy atom. The molecule has 1 aromatic heterocycles. The summed E-state index contributed by atoms with van der Waals surface area (Å²) in [7, 11) is 1.65. The number of hydrogen-bond donors (Lipinski definition) is 2. The van der Waals surface area contributed by atoms with Gasteiger partial charge < -0.3 is 14.8 Å². The molecule has 1 heterocycles. The van der Waals surface area contributed by atoms with E-state index in [4.69, 9.17) is 21.1 Å². The fourth-order valence-corrected chi connectivity index (χ4v) is 2.98. The number of anilines is 3. The molecule has 2 rings (SSSR count). The van der Waals surface area contributed by atoms with E-state index in [1.54, 1.807) is 37.2 Å². The summed E-state index contributed by atoms with van der Waals surface area (Å²) < 4.78 is 10.3. The largest absolute Gasteiger partial charge is 0.444 e. The second-order valence-corrected chi connectivity index (χ2v) is 8.00. The first-order chi connectivity index (χ1) is 12.8. The number of methoxy groups -OCH3 is 1. The zero-order chi connectivity index (χ0) is 19.9. The van der Waals surface area contributed by atoms with Gasteiger partial charge in [-0.2, -0.15) is 4.98 Å². The molecule has 0 fully saturated rings. The van der Waals surface area contributed by atoms with E-state index in [1.807, 2.05) is 32.9 Å². The van der Waals surface area contributed by atoms with Crippen molar-refractivity contribution < 1.29 is 14.3 Å². The summed E-state index contributed by atoms with van der Waals surface area (Å²) in [5.74, 6) is 1.35. The van der Waals surface area contributed by atoms with Gasteiger partial charge in [0.2, 0.25) is 5.28 Å². The predicted molar refractivity (Wildman–Crippen MR) is 109 cm³/mol. The Hall–Kier alpha value is -2.03. The molecule has 0 aliphatic carbocycles. The standard InChI is InChI=1S/C18H23ClN4O3S/c1-18(2,3)26-17(24)22-13-7-5-6-12(10-13)21-15-14(27-9-8-25-4)11-20-16(19)23-15/h5-7,10-11H,8-9H2,1-4H3,(H,22,24)(H,20,21,23). The van der Waals surface area contributed by atoms with Crippen LogP contribution in [0.4, 0.5) is 22.0 Å². The van der Waals surface area contributed by atoms with Gasteiger partial charge in [0.25, 0.3) is 0 Å². The normalized spacial score (nSPS) is 11.1. The number of rotatable bonds is 7. The number of amides is 1. The van der Waals surface area contributed by atoms with E-state index in [1.165, 1.54) is 0 Å². The Morgan fingerprint density at radius 2 is 2.04 bits per heavy atom. The van der Waals surface area contributed by atoms with Crippen molar-refractivity contribution in [1.29, 1.82) is 0 Å². The second-order valence-electron chi connectivity index (χ2n) is 6.53. The fourth-order valence-electron chi connectivity index (χ4n) is 2.01. The number of thioether (sulfide) groups is 1. The van der Waals surface area contributed by atoms with Crippen molar-refractivity contribution >= 4 is 46.6 Å². The number of benzene rings is 1. The minimum absolute atomic E-state index is 0.150. The average molecular weight is 411 g/mol. The van der Waals surface area contributed by atoms with E-state index in [0.29, 0.717) is 18.1 Å². The zero-order valence-corrected chi connectivity index (χ0v) is 17.3. The van der Waals surface area contributed by atoms with Crippen molar-refractivity contribution in [3.05, 3.63) is 35.7 Å². The summed E-state index contributed by atoms with van der Waals surface area (Å²) in [6, 6.07) is 7.23. The maximum Gasteiger partial charge on any atom is 0.412 e. The number of nitrogens with one attached hydrogen (secondary N) is 2. The van der Waals surface area contributed by atoms with Crippen LogP contribution >= 0.6 is 23.4 Å². The van der Waals surface area contributed by atoms with Crippen LogP contribution < -0.4 is 10.6 Å². The van der Waals surface area contributed by atoms with Crippen LogP contribution in [0.15, 0.2) is 35.4 Å². The first-order valence-electron chi connectivity index (χ1n) is 8.28. The van der Waals surface area contributed by atoms with Crippen molar-refractivity contribution in [3.8, 4) is 0 Å². The number of ether oxygens (including phenoxy) is 2. The Kier molecular flexibility index (Phi) is 7.70. The van der Waals surface area contributed by atoms with Crippen LogP contribution in [-0.2, 0) is 9.47 Å². The van der Waals surface area contributed by atoms with Crippen LogP contribution in [-0.4, -0.2) is 41.1 Å². The molecule has 0 aliphatic rings. The van der Waals surface area contributed by atoms with E-state index in [9.17, 15) is 4.79 Å². The molecular weight excluding hydrogens is 388 g/mol. The van der Waals surface area contributed by atoms with Crippen molar-refractivity contribution in [1.82, 2.24) is 9.97 Å². The highest BCUT2D eigenvalue weighted by atomic mass is 35.5. The summed E-state index contributed by atoms with van der Waals surface area (Å²) in [5, 5.41) is 6.07. The molecule has 9 heteroatoms. The Morgan fingerprint density at radius 3 is 2.74 bits per heavy atom. The molecule has 146 valence electrons. The molecule has 2 N–H and O–H groups in total. The maximum atomic E-state index is 11.9. The van der Waals surface area contributed by atoms with Gasteiger partial charge >= 0.3 is 6.09 Å². The molecule has 0 bridgehead atoms. The Bertz CT molecular complexity index is 783. The van der Waals surface area contributed by atoms with E-state index in [0.717, 1.165) is 16.3 Å². The topological polar surface area (TPSA) is 85.4 Å². The van der Waals surface area contributed by atoms with E-state index >= 15 is 0 Å². The highest BCUT2D eigenvalue weighted by Gasteiger charge is 2.16. The molecule has 27 heavy (non-hydrogen) atoms. The first kappa shape index (κ1) is 21.3. The van der Waals surface area contributed by atoms with Crippen LogP contribution in [0.25, 0.3) is 0 Å². The van der Waals surface area contributed by atoms with Gasteiger partial charge in [-0.15, -0.1) is 11.8 Å². The molecular formula is C18H23ClN4O3S. The SMILES string of the molecule is COCCSc1cnc(Cl)nc1Nc1cccc(NC(=O)OC(C)(C)C)c1. The zero-order valence-electron chi connectivity index (χ0n) is 15.7. The second kappa shape index (κ2) is 9.77. The number of carbonyl (C=O) groups is 1. The average Bonchev–Trinajstić information content (AvgIpc) is 2.55. The number of hydrogen-bond acceptors (Lipinski definition) is 7. The summed E-state index contributed by atoms with van der Waals surface area (Å²) in [6.45, 7) is 6.05. The molecule has 1 amide bonds. The van der Waals surface area contributed by atoms with Gasteiger partial charge in [-0.1, -0.05) is 6.07 Å². The number of aromatic nitrogens is 2. The molecule has 7 nitrogen and oxygen atoms in total. The van der Waals surface area contributed by atoms with Gasteiger partial charge in [0.15, 0.2) is 0 Å². The van der Waals surface area contributed by atoms with Crippen LogP contribution in [0, 0.1) is 0 Å². The number of nitrogens with zero attached hydrogens (tertiary/aromatic N) is 2. The molecule has 2 aromatic rings. The Balaban J connectivity index is 2.11. The minimum atomic E-state index is -0.564. The lowest BCUT2D eigenvalue weighted by Gasteiger charge is -2.19. The highest BCUT2D eigenvalue weighted by molar-refractivity contribution is 7.99. The van der Waals surface area contributed by atoms with Gasteiger partial charge in [-0.05, 0) is 50.6 Å². The van der Waals surface area contributed by atoms with Crippen molar-refractivity contribution in [3.63, 3.8) is 0 Å². The summed E-state index contributed by atoms with van der Waals surface area (Å²) in [4.78, 5) is 21.1. The summed E-state index contributed by atoms with van der Waals surface area (Å²) in [6.07, 6.45) is 1.15. The highest BCUT2D eigenvalue weighted by Crippen LogP contribution is 2.29. The van der Waals surface area contributed by atoms with Crippen molar-refractivity contribution in [2.24, 2.45) is 0 Å². The molecule has 1 aromatic carbocycles. The first-order valence-corrected chi connectivity index (χ1v) is 9.64. The third-order valence-electron chi connectivity index (χ3n) is 3.04. The molecule has 0 saturated heterocycles. The van der Waals surface area contributed by atoms with Crippen molar-refractivity contribution in [2.75, 3.05) is 30.1 Å². The van der Waals surface area contributed by atoms with Crippen LogP contribution in [0.3, 0.4) is 0 Å². The summed E-state index contributed by atoms with van der Waals surface area (Å²) >= 11 is 7.50. The Labute approximate surface area is 168 Å². The van der Waals surface area contributed by atoms with Gasteiger partial charge in [-0.25, -0.2) is 9.78 Å². The lowest BCUT2D eigenvalue weighted by atomic mass is 10.2. The molecule has 0 atom stereocenters. The molecule has 0 saturated carbocycles. The molecule has 0 radical (unpaired) electrons. The van der Waals surface area contributed by atoms with Crippen LogP contribution in [0.2, 0.25) is 5.28 Å². The van der Waals surface area contributed by atoms with E-state index in [2.05, 4.69) is 20.6 Å². The fraction of sp³-hybridized carbons (Fsp3) is 0.389. The third kappa shape index (κ3) is 7.62. The molecule has 0 spiro atoms. The van der Waals surface area contributed by atoms with Gasteiger partial charge in [0, 0.05) is 30.4 Å². The lowest BCUT2D eigenvalue weighted by molar-refractivity contribution is 0.0636. The number of carbonyl (C=O) groups excluding carboxylic acids is 1. The van der Waals surface area contributed by atoms with Gasteiger partial charge in [-0.3, -0.25) is 5.32 Å². The van der Waals surface area contributed by atoms with E-state index < -0.39 is 11.7 Å². The van der Waals surface area contributed by atoms with Crippen LogP contribution in [0.1, 0.15) is 20.8 Å². The predicted octanol–water partition coefficient (Wildman–Crippen LogP) is 4.96. The van der Waals surface area contributed by atoms with Gasteiger partial charge in [0.1, 0.15) is 11.4 Å².